The molecule has 0 bridgehead atoms. The highest BCUT2D eigenvalue weighted by molar-refractivity contribution is 5.93. The number of nitrogens with one attached hydrogen (secondary N) is 1. The maximum atomic E-state index is 4.22. The van der Waals surface area contributed by atoms with Crippen LogP contribution in [0.4, 0.5) is 5.69 Å². The van der Waals surface area contributed by atoms with Gasteiger partial charge in [-0.05, 0) is 17.5 Å². The van der Waals surface area contributed by atoms with Gasteiger partial charge in [0.05, 0.1) is 0 Å². The SMILES string of the molecule is CC(C)(C)C1CN(c2cccc3cnccc23)CCN1. The monoisotopic (exact) mass is 269 g/mol. The predicted octanol–water partition coefficient (Wildman–Crippen LogP) is 3.06. The van der Waals surface area contributed by atoms with Crippen molar-refractivity contribution in [2.24, 2.45) is 5.41 Å². The van der Waals surface area contributed by atoms with E-state index in [9.17, 15) is 0 Å². The topological polar surface area (TPSA) is 28.2 Å². The summed E-state index contributed by atoms with van der Waals surface area (Å²) in [6, 6.07) is 9.14. The fourth-order valence-electron chi connectivity index (χ4n) is 2.93. The van der Waals surface area contributed by atoms with Crippen molar-refractivity contribution in [1.29, 1.82) is 0 Å². The fraction of sp³-hybridized carbons (Fsp3) is 0.471. The summed E-state index contributed by atoms with van der Waals surface area (Å²) in [6.07, 6.45) is 3.83. The Morgan fingerprint density at radius 1 is 1.25 bits per heavy atom. The minimum absolute atomic E-state index is 0.283. The van der Waals surface area contributed by atoms with Crippen molar-refractivity contribution in [2.45, 2.75) is 26.8 Å². The summed E-state index contributed by atoms with van der Waals surface area (Å²) in [5.74, 6) is 0. The standard InChI is InChI=1S/C17H23N3/c1-17(2,3)16-12-20(10-9-19-16)15-6-4-5-13-11-18-8-7-14(13)15/h4-8,11,16,19H,9-10,12H2,1-3H3. The van der Waals surface area contributed by atoms with Gasteiger partial charge in [-0.2, -0.15) is 0 Å². The Balaban J connectivity index is 1.95. The molecule has 1 aromatic heterocycles. The summed E-state index contributed by atoms with van der Waals surface area (Å²) >= 11 is 0. The minimum atomic E-state index is 0.283. The van der Waals surface area contributed by atoms with Crippen LogP contribution in [0, 0.1) is 5.41 Å². The first-order valence-corrected chi connectivity index (χ1v) is 7.37. The molecule has 20 heavy (non-hydrogen) atoms. The van der Waals surface area contributed by atoms with E-state index in [4.69, 9.17) is 0 Å². The van der Waals surface area contributed by atoms with Gasteiger partial charge in [-0.15, -0.1) is 0 Å². The molecule has 1 aliphatic rings. The second-order valence-corrected chi connectivity index (χ2v) is 6.69. The molecule has 1 saturated heterocycles. The number of nitrogens with zero attached hydrogens (tertiary/aromatic N) is 2. The van der Waals surface area contributed by atoms with Gasteiger partial charge in [0, 0.05) is 54.5 Å². The zero-order chi connectivity index (χ0) is 14.2. The smallest absolute Gasteiger partial charge is 0.0448 e. The Bertz CT molecular complexity index is 595. The lowest BCUT2D eigenvalue weighted by atomic mass is 9.85. The number of hydrogen-bond donors (Lipinski definition) is 1. The molecule has 0 radical (unpaired) electrons. The molecule has 2 heterocycles. The highest BCUT2D eigenvalue weighted by Crippen LogP contribution is 2.29. The Morgan fingerprint density at radius 2 is 2.10 bits per heavy atom. The summed E-state index contributed by atoms with van der Waals surface area (Å²) in [4.78, 5) is 6.73. The molecule has 1 unspecified atom stereocenters. The lowest BCUT2D eigenvalue weighted by molar-refractivity contribution is 0.254. The number of aromatic nitrogens is 1. The van der Waals surface area contributed by atoms with Crippen molar-refractivity contribution in [3.8, 4) is 0 Å². The van der Waals surface area contributed by atoms with Crippen LogP contribution in [0.1, 0.15) is 20.8 Å². The van der Waals surface area contributed by atoms with E-state index in [-0.39, 0.29) is 5.41 Å². The predicted molar refractivity (Wildman–Crippen MR) is 85.2 cm³/mol. The molecule has 1 aliphatic heterocycles. The number of benzene rings is 1. The van der Waals surface area contributed by atoms with Crippen LogP contribution in [0.3, 0.4) is 0 Å². The third-order valence-corrected chi connectivity index (χ3v) is 4.22. The van der Waals surface area contributed by atoms with Gasteiger partial charge in [0.15, 0.2) is 0 Å². The molecule has 106 valence electrons. The molecule has 3 heteroatoms. The Morgan fingerprint density at radius 3 is 2.90 bits per heavy atom. The summed E-state index contributed by atoms with van der Waals surface area (Å²) in [5.41, 5.74) is 1.62. The molecule has 2 aromatic rings. The zero-order valence-electron chi connectivity index (χ0n) is 12.6. The number of anilines is 1. The van der Waals surface area contributed by atoms with Crippen molar-refractivity contribution < 1.29 is 0 Å². The molecule has 0 saturated carbocycles. The number of pyridine rings is 1. The molecule has 1 fully saturated rings. The van der Waals surface area contributed by atoms with E-state index in [1.807, 2.05) is 12.4 Å². The van der Waals surface area contributed by atoms with Gasteiger partial charge in [0.1, 0.15) is 0 Å². The fourth-order valence-corrected chi connectivity index (χ4v) is 2.93. The molecule has 1 N–H and O–H groups in total. The third kappa shape index (κ3) is 2.50. The van der Waals surface area contributed by atoms with E-state index < -0.39 is 0 Å². The van der Waals surface area contributed by atoms with E-state index in [0.29, 0.717) is 6.04 Å². The van der Waals surface area contributed by atoms with Gasteiger partial charge in [0.25, 0.3) is 0 Å². The molecular formula is C17H23N3. The van der Waals surface area contributed by atoms with Crippen molar-refractivity contribution >= 4 is 16.5 Å². The normalized spacial score (nSPS) is 20.4. The molecule has 0 aliphatic carbocycles. The average Bonchev–Trinajstić information content (AvgIpc) is 2.46. The first-order valence-electron chi connectivity index (χ1n) is 7.37. The molecule has 1 atom stereocenters. The summed E-state index contributed by atoms with van der Waals surface area (Å²) in [6.45, 7) is 10.1. The second kappa shape index (κ2) is 5.06. The zero-order valence-corrected chi connectivity index (χ0v) is 12.6. The molecular weight excluding hydrogens is 246 g/mol. The van der Waals surface area contributed by atoms with E-state index in [1.54, 1.807) is 0 Å². The van der Waals surface area contributed by atoms with Gasteiger partial charge in [-0.1, -0.05) is 32.9 Å². The molecule has 0 spiro atoms. The number of piperazine rings is 1. The maximum absolute atomic E-state index is 4.22. The van der Waals surface area contributed by atoms with Crippen LogP contribution in [0.2, 0.25) is 0 Å². The van der Waals surface area contributed by atoms with Gasteiger partial charge in [0.2, 0.25) is 0 Å². The van der Waals surface area contributed by atoms with Crippen LogP contribution in [0.15, 0.2) is 36.7 Å². The minimum Gasteiger partial charge on any atom is -0.368 e. The highest BCUT2D eigenvalue weighted by Gasteiger charge is 2.29. The van der Waals surface area contributed by atoms with Gasteiger partial charge < -0.3 is 10.2 Å². The Labute approximate surface area is 121 Å². The van der Waals surface area contributed by atoms with E-state index in [0.717, 1.165) is 19.6 Å². The lowest BCUT2D eigenvalue weighted by Gasteiger charge is -2.41. The Kier molecular flexibility index (Phi) is 3.38. The largest absolute Gasteiger partial charge is 0.368 e. The lowest BCUT2D eigenvalue weighted by Crippen LogP contribution is -2.56. The number of fused-ring (bicyclic) bond motifs is 1. The quantitative estimate of drug-likeness (QED) is 0.862. The average molecular weight is 269 g/mol. The second-order valence-electron chi connectivity index (χ2n) is 6.69. The third-order valence-electron chi connectivity index (χ3n) is 4.22. The van der Waals surface area contributed by atoms with Crippen molar-refractivity contribution in [3.63, 3.8) is 0 Å². The number of hydrogen-bond acceptors (Lipinski definition) is 3. The van der Waals surface area contributed by atoms with Crippen molar-refractivity contribution in [3.05, 3.63) is 36.7 Å². The van der Waals surface area contributed by atoms with Crippen LogP contribution in [0.25, 0.3) is 10.8 Å². The number of rotatable bonds is 1. The van der Waals surface area contributed by atoms with Crippen LogP contribution in [-0.2, 0) is 0 Å². The van der Waals surface area contributed by atoms with Crippen LogP contribution in [-0.4, -0.2) is 30.7 Å². The summed E-state index contributed by atoms with van der Waals surface area (Å²) in [7, 11) is 0. The van der Waals surface area contributed by atoms with Crippen LogP contribution in [0.5, 0.6) is 0 Å². The van der Waals surface area contributed by atoms with E-state index >= 15 is 0 Å². The van der Waals surface area contributed by atoms with Crippen LogP contribution < -0.4 is 10.2 Å². The van der Waals surface area contributed by atoms with Crippen molar-refractivity contribution in [1.82, 2.24) is 10.3 Å². The summed E-state index contributed by atoms with van der Waals surface area (Å²) in [5, 5.41) is 6.17. The van der Waals surface area contributed by atoms with Crippen LogP contribution >= 0.6 is 0 Å². The summed E-state index contributed by atoms with van der Waals surface area (Å²) < 4.78 is 0. The van der Waals surface area contributed by atoms with E-state index in [1.165, 1.54) is 16.5 Å². The van der Waals surface area contributed by atoms with E-state index in [2.05, 4.69) is 60.2 Å². The molecule has 3 nitrogen and oxygen atoms in total. The molecule has 0 amide bonds. The molecule has 1 aromatic carbocycles. The van der Waals surface area contributed by atoms with Gasteiger partial charge in [-0.25, -0.2) is 0 Å². The maximum Gasteiger partial charge on any atom is 0.0448 e. The first kappa shape index (κ1) is 13.4. The Hall–Kier alpha value is -1.61. The van der Waals surface area contributed by atoms with Gasteiger partial charge in [-0.3, -0.25) is 4.98 Å². The molecule has 3 rings (SSSR count). The van der Waals surface area contributed by atoms with Gasteiger partial charge >= 0.3 is 0 Å². The van der Waals surface area contributed by atoms with Crippen molar-refractivity contribution in [2.75, 3.05) is 24.5 Å². The first-order chi connectivity index (χ1) is 9.55. The highest BCUT2D eigenvalue weighted by atomic mass is 15.2.